The van der Waals surface area contributed by atoms with Crippen LogP contribution in [0.25, 0.3) is 0 Å². The summed E-state index contributed by atoms with van der Waals surface area (Å²) < 4.78 is 0. The highest BCUT2D eigenvalue weighted by atomic mass is 16.2. The highest BCUT2D eigenvalue weighted by molar-refractivity contribution is 5.78. The number of nitrogens with zero attached hydrogens (tertiary/aromatic N) is 1. The fourth-order valence-electron chi connectivity index (χ4n) is 1.45. The van der Waals surface area contributed by atoms with Crippen LogP contribution < -0.4 is 5.32 Å². The Morgan fingerprint density at radius 3 is 2.47 bits per heavy atom. The van der Waals surface area contributed by atoms with Crippen LogP contribution >= 0.6 is 0 Å². The summed E-state index contributed by atoms with van der Waals surface area (Å²) in [6.07, 6.45) is 3.39. The molecule has 0 spiro atoms. The van der Waals surface area contributed by atoms with Crippen molar-refractivity contribution in [2.75, 3.05) is 20.1 Å². The molecule has 0 saturated heterocycles. The van der Waals surface area contributed by atoms with Crippen LogP contribution in [0.1, 0.15) is 46.5 Å². The first-order valence-electron chi connectivity index (χ1n) is 6.54. The summed E-state index contributed by atoms with van der Waals surface area (Å²) in [6.45, 7) is 7.12. The third-order valence-corrected chi connectivity index (χ3v) is 2.94. The molecule has 1 atom stereocenters. The summed E-state index contributed by atoms with van der Waals surface area (Å²) in [5, 5.41) is 2.83. The molecule has 17 heavy (non-hydrogen) atoms. The highest BCUT2D eigenvalue weighted by Gasteiger charge is 2.15. The van der Waals surface area contributed by atoms with E-state index >= 15 is 0 Å². The van der Waals surface area contributed by atoms with Crippen molar-refractivity contribution in [2.24, 2.45) is 5.92 Å². The van der Waals surface area contributed by atoms with E-state index in [1.807, 2.05) is 13.8 Å². The molecule has 0 aliphatic carbocycles. The molecule has 0 heterocycles. The summed E-state index contributed by atoms with van der Waals surface area (Å²) in [6, 6.07) is 0. The zero-order chi connectivity index (χ0) is 13.3. The maximum Gasteiger partial charge on any atom is 0.225 e. The molecule has 0 aromatic carbocycles. The van der Waals surface area contributed by atoms with E-state index < -0.39 is 0 Å². The van der Waals surface area contributed by atoms with Crippen molar-refractivity contribution in [2.45, 2.75) is 46.5 Å². The van der Waals surface area contributed by atoms with Gasteiger partial charge in [-0.05, 0) is 12.8 Å². The number of nitrogens with one attached hydrogen (secondary N) is 1. The van der Waals surface area contributed by atoms with Crippen LogP contribution in [0.5, 0.6) is 0 Å². The Kier molecular flexibility index (Phi) is 8.46. The molecule has 0 aromatic rings. The Bertz CT molecular complexity index is 242. The minimum Gasteiger partial charge on any atom is -0.354 e. The van der Waals surface area contributed by atoms with Crippen molar-refractivity contribution < 1.29 is 9.59 Å². The Morgan fingerprint density at radius 1 is 1.29 bits per heavy atom. The van der Waals surface area contributed by atoms with Crippen molar-refractivity contribution in [3.63, 3.8) is 0 Å². The van der Waals surface area contributed by atoms with Crippen LogP contribution in [-0.2, 0) is 9.59 Å². The third-order valence-electron chi connectivity index (χ3n) is 2.94. The van der Waals surface area contributed by atoms with Crippen LogP contribution in [0.2, 0.25) is 0 Å². The molecule has 4 heteroatoms. The van der Waals surface area contributed by atoms with Crippen molar-refractivity contribution >= 4 is 11.8 Å². The quantitative estimate of drug-likeness (QED) is 0.705. The third kappa shape index (κ3) is 6.97. The molecule has 0 bridgehead atoms. The number of rotatable bonds is 8. The standard InChI is InChI=1S/C13H26N2O2/c1-5-7-8-12(16)14-9-10-15(4)13(17)11(3)6-2/h11H,5-10H2,1-4H3,(H,14,16). The summed E-state index contributed by atoms with van der Waals surface area (Å²) in [5.41, 5.74) is 0. The molecule has 0 aliphatic heterocycles. The topological polar surface area (TPSA) is 49.4 Å². The SMILES string of the molecule is CCCCC(=O)NCCN(C)C(=O)C(C)CC. The van der Waals surface area contributed by atoms with E-state index in [1.54, 1.807) is 11.9 Å². The minimum atomic E-state index is 0.0655. The van der Waals surface area contributed by atoms with E-state index in [4.69, 9.17) is 0 Å². The Hall–Kier alpha value is -1.06. The highest BCUT2D eigenvalue weighted by Crippen LogP contribution is 2.04. The molecule has 0 fully saturated rings. The van der Waals surface area contributed by atoms with Gasteiger partial charge in [-0.15, -0.1) is 0 Å². The molecule has 4 nitrogen and oxygen atoms in total. The minimum absolute atomic E-state index is 0.0655. The molecular weight excluding hydrogens is 216 g/mol. The fourth-order valence-corrected chi connectivity index (χ4v) is 1.45. The summed E-state index contributed by atoms with van der Waals surface area (Å²) in [5.74, 6) is 0.294. The molecule has 1 unspecified atom stereocenters. The monoisotopic (exact) mass is 242 g/mol. The van der Waals surface area contributed by atoms with Crippen LogP contribution in [0, 0.1) is 5.92 Å². The average molecular weight is 242 g/mol. The van der Waals surface area contributed by atoms with Gasteiger partial charge in [0.25, 0.3) is 0 Å². The first-order chi connectivity index (χ1) is 8.02. The normalized spacial score (nSPS) is 12.0. The molecular formula is C13H26N2O2. The van der Waals surface area contributed by atoms with Gasteiger partial charge in [0.15, 0.2) is 0 Å². The number of carbonyl (C=O) groups excluding carboxylic acids is 2. The van der Waals surface area contributed by atoms with Gasteiger partial charge >= 0.3 is 0 Å². The lowest BCUT2D eigenvalue weighted by Gasteiger charge is -2.20. The Balaban J connectivity index is 3.74. The van der Waals surface area contributed by atoms with Crippen molar-refractivity contribution in [1.29, 1.82) is 0 Å². The number of amides is 2. The van der Waals surface area contributed by atoms with E-state index in [1.165, 1.54) is 0 Å². The zero-order valence-corrected chi connectivity index (χ0v) is 11.6. The van der Waals surface area contributed by atoms with Gasteiger partial charge < -0.3 is 10.2 Å². The van der Waals surface area contributed by atoms with Gasteiger partial charge in [-0.2, -0.15) is 0 Å². The molecule has 2 amide bonds. The Morgan fingerprint density at radius 2 is 1.94 bits per heavy atom. The van der Waals surface area contributed by atoms with E-state index in [-0.39, 0.29) is 17.7 Å². The number of unbranched alkanes of at least 4 members (excludes halogenated alkanes) is 1. The number of hydrogen-bond donors (Lipinski definition) is 1. The van der Waals surface area contributed by atoms with Crippen molar-refractivity contribution in [3.05, 3.63) is 0 Å². The first-order valence-corrected chi connectivity index (χ1v) is 6.54. The summed E-state index contributed by atoms with van der Waals surface area (Å²) in [7, 11) is 1.78. The number of carbonyl (C=O) groups is 2. The predicted molar refractivity (Wildman–Crippen MR) is 69.6 cm³/mol. The maximum absolute atomic E-state index is 11.7. The fraction of sp³-hybridized carbons (Fsp3) is 0.846. The second-order valence-corrected chi connectivity index (χ2v) is 4.52. The zero-order valence-electron chi connectivity index (χ0n) is 11.6. The molecule has 0 aromatic heterocycles. The maximum atomic E-state index is 11.7. The molecule has 1 N–H and O–H groups in total. The smallest absolute Gasteiger partial charge is 0.225 e. The van der Waals surface area contributed by atoms with Crippen LogP contribution in [0.15, 0.2) is 0 Å². The van der Waals surface area contributed by atoms with Gasteiger partial charge in [-0.3, -0.25) is 9.59 Å². The second kappa shape index (κ2) is 9.02. The largest absolute Gasteiger partial charge is 0.354 e. The molecule has 0 radical (unpaired) electrons. The van der Waals surface area contributed by atoms with Gasteiger partial charge in [-0.25, -0.2) is 0 Å². The number of hydrogen-bond acceptors (Lipinski definition) is 2. The van der Waals surface area contributed by atoms with E-state index in [0.29, 0.717) is 19.5 Å². The van der Waals surface area contributed by atoms with E-state index in [0.717, 1.165) is 19.3 Å². The van der Waals surface area contributed by atoms with E-state index in [2.05, 4.69) is 12.2 Å². The van der Waals surface area contributed by atoms with Gasteiger partial charge in [-0.1, -0.05) is 27.2 Å². The molecule has 100 valence electrons. The lowest BCUT2D eigenvalue weighted by atomic mass is 10.1. The van der Waals surface area contributed by atoms with Gasteiger partial charge in [0, 0.05) is 32.5 Å². The first kappa shape index (κ1) is 15.9. The predicted octanol–water partition coefficient (Wildman–Crippen LogP) is 1.80. The van der Waals surface area contributed by atoms with Crippen LogP contribution in [0.3, 0.4) is 0 Å². The molecule has 0 aliphatic rings. The Labute approximate surface area is 105 Å². The summed E-state index contributed by atoms with van der Waals surface area (Å²) in [4.78, 5) is 24.8. The van der Waals surface area contributed by atoms with E-state index in [9.17, 15) is 9.59 Å². The lowest BCUT2D eigenvalue weighted by Crippen LogP contribution is -2.38. The van der Waals surface area contributed by atoms with Crippen molar-refractivity contribution in [1.82, 2.24) is 10.2 Å². The van der Waals surface area contributed by atoms with Gasteiger partial charge in [0.1, 0.15) is 0 Å². The van der Waals surface area contributed by atoms with Crippen molar-refractivity contribution in [3.8, 4) is 0 Å². The van der Waals surface area contributed by atoms with Gasteiger partial charge in [0.05, 0.1) is 0 Å². The lowest BCUT2D eigenvalue weighted by molar-refractivity contribution is -0.134. The van der Waals surface area contributed by atoms with Crippen LogP contribution in [0.4, 0.5) is 0 Å². The van der Waals surface area contributed by atoms with Crippen LogP contribution in [-0.4, -0.2) is 36.9 Å². The molecule has 0 saturated carbocycles. The van der Waals surface area contributed by atoms with Gasteiger partial charge in [0.2, 0.25) is 11.8 Å². The number of likely N-dealkylation sites (N-methyl/N-ethyl adjacent to an activating group) is 1. The molecule has 0 rings (SSSR count). The second-order valence-electron chi connectivity index (χ2n) is 4.52. The average Bonchev–Trinajstić information content (AvgIpc) is 2.34. The summed E-state index contributed by atoms with van der Waals surface area (Å²) >= 11 is 0.